The quantitative estimate of drug-likeness (QED) is 0.858. The number of anilines is 1. The van der Waals surface area contributed by atoms with E-state index in [1.807, 2.05) is 20.2 Å². The molecule has 0 fully saturated rings. The maximum atomic E-state index is 13.0. The zero-order valence-electron chi connectivity index (χ0n) is 9.24. The molecule has 0 bridgehead atoms. The van der Waals surface area contributed by atoms with Gasteiger partial charge in [-0.05, 0) is 24.6 Å². The molecule has 1 aromatic carbocycles. The third-order valence-corrected chi connectivity index (χ3v) is 2.31. The van der Waals surface area contributed by atoms with Crippen molar-refractivity contribution in [2.75, 3.05) is 5.32 Å². The fraction of sp³-hybridized carbons (Fsp3) is 0.273. The van der Waals surface area contributed by atoms with Crippen molar-refractivity contribution in [1.29, 1.82) is 0 Å². The third-order valence-electron chi connectivity index (χ3n) is 2.31. The molecule has 1 heterocycles. The molecule has 0 aliphatic carbocycles. The van der Waals surface area contributed by atoms with Crippen molar-refractivity contribution in [2.45, 2.75) is 13.5 Å². The molecule has 4 nitrogen and oxygen atoms in total. The summed E-state index contributed by atoms with van der Waals surface area (Å²) in [5.41, 5.74) is 2.61. The Balaban J connectivity index is 2.07. The molecule has 0 amide bonds. The van der Waals surface area contributed by atoms with E-state index in [1.165, 1.54) is 12.1 Å². The van der Waals surface area contributed by atoms with Gasteiger partial charge < -0.3 is 5.32 Å². The van der Waals surface area contributed by atoms with Crippen LogP contribution >= 0.6 is 0 Å². The molecule has 1 aromatic heterocycles. The van der Waals surface area contributed by atoms with E-state index in [1.54, 1.807) is 10.7 Å². The number of hydrogen-bond donors (Lipinski definition) is 1. The molecule has 0 radical (unpaired) electrons. The number of hydrogen-bond acceptors (Lipinski definition) is 3. The van der Waals surface area contributed by atoms with Crippen LogP contribution in [0.3, 0.4) is 0 Å². The Hall–Kier alpha value is -1.91. The number of benzene rings is 1. The van der Waals surface area contributed by atoms with Gasteiger partial charge in [-0.1, -0.05) is 11.3 Å². The zero-order valence-corrected chi connectivity index (χ0v) is 9.24. The van der Waals surface area contributed by atoms with Crippen LogP contribution in [0.2, 0.25) is 0 Å². The Morgan fingerprint density at radius 3 is 2.94 bits per heavy atom. The van der Waals surface area contributed by atoms with E-state index in [0.717, 1.165) is 16.9 Å². The van der Waals surface area contributed by atoms with Crippen molar-refractivity contribution < 1.29 is 4.39 Å². The van der Waals surface area contributed by atoms with Crippen LogP contribution in [0, 0.1) is 12.7 Å². The predicted octanol–water partition coefficient (Wildman–Crippen LogP) is 1.87. The standard InChI is InChI=1S/C11H13FN4/c1-8-3-4-9(12)5-11(8)13-6-10-7-16(2)15-14-10/h3-5,7,13H,6H2,1-2H3. The molecule has 0 saturated carbocycles. The monoisotopic (exact) mass is 220 g/mol. The van der Waals surface area contributed by atoms with Gasteiger partial charge >= 0.3 is 0 Å². The molecule has 0 spiro atoms. The van der Waals surface area contributed by atoms with Crippen molar-refractivity contribution in [3.8, 4) is 0 Å². The van der Waals surface area contributed by atoms with Crippen molar-refractivity contribution in [3.63, 3.8) is 0 Å². The van der Waals surface area contributed by atoms with E-state index in [9.17, 15) is 4.39 Å². The fourth-order valence-corrected chi connectivity index (χ4v) is 1.45. The summed E-state index contributed by atoms with van der Waals surface area (Å²) in [5, 5.41) is 10.9. The lowest BCUT2D eigenvalue weighted by Gasteiger charge is -2.07. The molecular weight excluding hydrogens is 207 g/mol. The Morgan fingerprint density at radius 1 is 1.44 bits per heavy atom. The van der Waals surface area contributed by atoms with Gasteiger partial charge in [0.25, 0.3) is 0 Å². The van der Waals surface area contributed by atoms with Gasteiger partial charge in [0.2, 0.25) is 0 Å². The highest BCUT2D eigenvalue weighted by molar-refractivity contribution is 5.50. The Kier molecular flexibility index (Phi) is 2.85. The highest BCUT2D eigenvalue weighted by Crippen LogP contribution is 2.16. The van der Waals surface area contributed by atoms with E-state index in [2.05, 4.69) is 15.6 Å². The van der Waals surface area contributed by atoms with Crippen LogP contribution in [0.15, 0.2) is 24.4 Å². The summed E-state index contributed by atoms with van der Waals surface area (Å²) >= 11 is 0. The van der Waals surface area contributed by atoms with Gasteiger partial charge in [0.05, 0.1) is 6.54 Å². The van der Waals surface area contributed by atoms with E-state index < -0.39 is 0 Å². The van der Waals surface area contributed by atoms with Gasteiger partial charge in [-0.25, -0.2) is 4.39 Å². The minimum absolute atomic E-state index is 0.243. The number of rotatable bonds is 3. The lowest BCUT2D eigenvalue weighted by atomic mass is 10.2. The average molecular weight is 220 g/mol. The number of aromatic nitrogens is 3. The van der Waals surface area contributed by atoms with E-state index in [4.69, 9.17) is 0 Å². The first-order valence-electron chi connectivity index (χ1n) is 5.00. The molecule has 1 N–H and O–H groups in total. The Morgan fingerprint density at radius 2 is 2.25 bits per heavy atom. The van der Waals surface area contributed by atoms with Gasteiger partial charge in [0.1, 0.15) is 11.5 Å². The largest absolute Gasteiger partial charge is 0.379 e. The summed E-state index contributed by atoms with van der Waals surface area (Å²) in [6, 6.07) is 4.67. The lowest BCUT2D eigenvalue weighted by Crippen LogP contribution is -2.01. The Bertz CT molecular complexity index is 492. The van der Waals surface area contributed by atoms with Crippen LogP contribution in [0.4, 0.5) is 10.1 Å². The van der Waals surface area contributed by atoms with Crippen molar-refractivity contribution in [1.82, 2.24) is 15.0 Å². The minimum atomic E-state index is -0.243. The van der Waals surface area contributed by atoms with Crippen molar-refractivity contribution >= 4 is 5.69 Å². The molecule has 2 aromatic rings. The highest BCUT2D eigenvalue weighted by atomic mass is 19.1. The van der Waals surface area contributed by atoms with E-state index in [0.29, 0.717) is 6.54 Å². The van der Waals surface area contributed by atoms with Crippen LogP contribution in [-0.4, -0.2) is 15.0 Å². The Labute approximate surface area is 93.1 Å². The van der Waals surface area contributed by atoms with Gasteiger partial charge in [-0.2, -0.15) is 0 Å². The van der Waals surface area contributed by atoms with Crippen molar-refractivity contribution in [2.24, 2.45) is 7.05 Å². The maximum absolute atomic E-state index is 13.0. The maximum Gasteiger partial charge on any atom is 0.125 e. The second-order valence-corrected chi connectivity index (χ2v) is 3.70. The second-order valence-electron chi connectivity index (χ2n) is 3.70. The van der Waals surface area contributed by atoms with Crippen LogP contribution in [0.5, 0.6) is 0 Å². The fourth-order valence-electron chi connectivity index (χ4n) is 1.45. The molecule has 0 saturated heterocycles. The summed E-state index contributed by atoms with van der Waals surface area (Å²) in [6.45, 7) is 2.47. The van der Waals surface area contributed by atoms with E-state index >= 15 is 0 Å². The normalized spacial score (nSPS) is 10.4. The summed E-state index contributed by atoms with van der Waals surface area (Å²) in [7, 11) is 1.81. The van der Waals surface area contributed by atoms with Crippen molar-refractivity contribution in [3.05, 3.63) is 41.5 Å². The van der Waals surface area contributed by atoms with Gasteiger partial charge in [0, 0.05) is 18.9 Å². The van der Waals surface area contributed by atoms with E-state index in [-0.39, 0.29) is 5.82 Å². The molecule has 0 atom stereocenters. The summed E-state index contributed by atoms with van der Waals surface area (Å²) in [5.74, 6) is -0.243. The van der Waals surface area contributed by atoms with Gasteiger partial charge in [-0.15, -0.1) is 5.10 Å². The highest BCUT2D eigenvalue weighted by Gasteiger charge is 2.02. The van der Waals surface area contributed by atoms with Crippen LogP contribution in [0.25, 0.3) is 0 Å². The summed E-state index contributed by atoms with van der Waals surface area (Å²) < 4.78 is 14.6. The first kappa shape index (κ1) is 10.6. The molecular formula is C11H13FN4. The lowest BCUT2D eigenvalue weighted by molar-refractivity contribution is 0.628. The molecule has 0 aliphatic heterocycles. The first-order chi connectivity index (χ1) is 7.65. The molecule has 84 valence electrons. The number of halogens is 1. The van der Waals surface area contributed by atoms with Gasteiger partial charge in [0.15, 0.2) is 0 Å². The SMILES string of the molecule is Cc1ccc(F)cc1NCc1cn(C)nn1. The second kappa shape index (κ2) is 4.30. The molecule has 0 unspecified atom stereocenters. The molecule has 0 aliphatic rings. The summed E-state index contributed by atoms with van der Waals surface area (Å²) in [4.78, 5) is 0. The number of nitrogens with zero attached hydrogens (tertiary/aromatic N) is 3. The molecule has 2 rings (SSSR count). The minimum Gasteiger partial charge on any atom is -0.379 e. The number of aryl methyl sites for hydroxylation is 2. The number of nitrogens with one attached hydrogen (secondary N) is 1. The smallest absolute Gasteiger partial charge is 0.125 e. The van der Waals surface area contributed by atoms with Crippen LogP contribution < -0.4 is 5.32 Å². The predicted molar refractivity (Wildman–Crippen MR) is 59.5 cm³/mol. The topological polar surface area (TPSA) is 42.7 Å². The first-order valence-corrected chi connectivity index (χ1v) is 5.00. The molecule has 16 heavy (non-hydrogen) atoms. The molecule has 5 heteroatoms. The average Bonchev–Trinajstić information content (AvgIpc) is 2.66. The van der Waals surface area contributed by atoms with Crippen LogP contribution in [-0.2, 0) is 13.6 Å². The zero-order chi connectivity index (χ0) is 11.5. The summed E-state index contributed by atoms with van der Waals surface area (Å²) in [6.07, 6.45) is 1.82. The van der Waals surface area contributed by atoms with Gasteiger partial charge in [-0.3, -0.25) is 4.68 Å². The van der Waals surface area contributed by atoms with Crippen LogP contribution in [0.1, 0.15) is 11.3 Å². The third kappa shape index (κ3) is 2.36.